The van der Waals surface area contributed by atoms with E-state index in [4.69, 9.17) is 14.2 Å². The Hall–Kier alpha value is -3.13. The van der Waals surface area contributed by atoms with Gasteiger partial charge in [-0.1, -0.05) is 12.1 Å². The molecule has 166 valence electrons. The summed E-state index contributed by atoms with van der Waals surface area (Å²) in [6, 6.07) is 7.12. The predicted molar refractivity (Wildman–Crippen MR) is 114 cm³/mol. The number of carbonyl (C=O) groups is 3. The molecule has 31 heavy (non-hydrogen) atoms. The van der Waals surface area contributed by atoms with Crippen molar-refractivity contribution in [3.8, 4) is 0 Å². The van der Waals surface area contributed by atoms with Crippen LogP contribution in [0.15, 0.2) is 47.2 Å². The van der Waals surface area contributed by atoms with Crippen LogP contribution in [-0.2, 0) is 28.6 Å². The number of esters is 2. The Morgan fingerprint density at radius 2 is 1.71 bits per heavy atom. The topological polar surface area (TPSA) is 94.2 Å². The Kier molecular flexibility index (Phi) is 7.12. The van der Waals surface area contributed by atoms with Gasteiger partial charge in [-0.15, -0.1) is 0 Å². The zero-order valence-electron chi connectivity index (χ0n) is 18.3. The van der Waals surface area contributed by atoms with E-state index in [0.29, 0.717) is 37.6 Å². The second kappa shape index (κ2) is 9.78. The molecule has 8 heteroatoms. The van der Waals surface area contributed by atoms with Crippen molar-refractivity contribution < 1.29 is 28.6 Å². The fourth-order valence-corrected chi connectivity index (χ4v) is 4.20. The number of hydrogen-bond acceptors (Lipinski definition) is 7. The highest BCUT2D eigenvalue weighted by atomic mass is 16.5. The van der Waals surface area contributed by atoms with Gasteiger partial charge in [0.2, 0.25) is 5.91 Å². The highest BCUT2D eigenvalue weighted by Crippen LogP contribution is 2.44. The van der Waals surface area contributed by atoms with E-state index in [-0.39, 0.29) is 5.91 Å². The number of benzene rings is 1. The summed E-state index contributed by atoms with van der Waals surface area (Å²) in [7, 11) is 2.67. The summed E-state index contributed by atoms with van der Waals surface area (Å²) in [6.45, 7) is 5.70. The van der Waals surface area contributed by atoms with Gasteiger partial charge >= 0.3 is 11.9 Å². The number of nitrogens with one attached hydrogen (secondary N) is 1. The summed E-state index contributed by atoms with van der Waals surface area (Å²) in [4.78, 5) is 39.3. The maximum Gasteiger partial charge on any atom is 0.334 e. The number of amides is 1. The SMILES string of the molecule is COC(=O)C1=C(C)C=C(N2CCOCC2)[C@H](C(=O)OC)[C@H]1c1ccc(NC(C)=O)cc1. The van der Waals surface area contributed by atoms with Crippen molar-refractivity contribution >= 4 is 23.5 Å². The highest BCUT2D eigenvalue weighted by molar-refractivity contribution is 5.95. The van der Waals surface area contributed by atoms with Crippen molar-refractivity contribution in [3.05, 3.63) is 52.7 Å². The van der Waals surface area contributed by atoms with Crippen LogP contribution in [0.3, 0.4) is 0 Å². The molecule has 1 aromatic rings. The van der Waals surface area contributed by atoms with Gasteiger partial charge in [0, 0.05) is 42.9 Å². The lowest BCUT2D eigenvalue weighted by Crippen LogP contribution is -2.43. The number of nitrogens with zero attached hydrogens (tertiary/aromatic N) is 1. The first kappa shape index (κ1) is 22.6. The molecule has 8 nitrogen and oxygen atoms in total. The Bertz CT molecular complexity index is 912. The van der Waals surface area contributed by atoms with Crippen molar-refractivity contribution in [2.45, 2.75) is 19.8 Å². The van der Waals surface area contributed by atoms with Gasteiger partial charge in [-0.3, -0.25) is 9.59 Å². The molecule has 1 aromatic carbocycles. The van der Waals surface area contributed by atoms with E-state index in [1.165, 1.54) is 21.1 Å². The number of allylic oxidation sites excluding steroid dienone is 2. The van der Waals surface area contributed by atoms with Crippen molar-refractivity contribution in [1.29, 1.82) is 0 Å². The maximum atomic E-state index is 13.0. The van der Waals surface area contributed by atoms with Crippen LogP contribution in [0.4, 0.5) is 5.69 Å². The van der Waals surface area contributed by atoms with E-state index in [1.807, 2.05) is 25.1 Å². The van der Waals surface area contributed by atoms with Crippen molar-refractivity contribution in [3.63, 3.8) is 0 Å². The summed E-state index contributed by atoms with van der Waals surface area (Å²) < 4.78 is 15.7. The van der Waals surface area contributed by atoms with E-state index in [9.17, 15) is 14.4 Å². The van der Waals surface area contributed by atoms with Crippen LogP contribution in [0.5, 0.6) is 0 Å². The average Bonchev–Trinajstić information content (AvgIpc) is 2.78. The molecule has 1 amide bonds. The third-order valence-corrected chi connectivity index (χ3v) is 5.58. The molecule has 2 atom stereocenters. The molecule has 1 aliphatic heterocycles. The lowest BCUT2D eigenvalue weighted by Gasteiger charge is -2.40. The molecule has 3 rings (SSSR count). The van der Waals surface area contributed by atoms with Gasteiger partial charge in [0.15, 0.2) is 0 Å². The molecule has 0 spiro atoms. The molecule has 0 radical (unpaired) electrons. The molecule has 1 fully saturated rings. The molecule has 1 saturated heterocycles. The van der Waals surface area contributed by atoms with Crippen molar-refractivity contribution in [1.82, 2.24) is 4.90 Å². The van der Waals surface area contributed by atoms with Crippen molar-refractivity contribution in [2.24, 2.45) is 5.92 Å². The Balaban J connectivity index is 2.12. The molecule has 1 aliphatic carbocycles. The monoisotopic (exact) mass is 428 g/mol. The molecular formula is C23H28N2O6. The molecule has 1 N–H and O–H groups in total. The Labute approximate surface area is 181 Å². The fraction of sp³-hybridized carbons (Fsp3) is 0.435. The number of anilines is 1. The first-order valence-corrected chi connectivity index (χ1v) is 10.2. The standard InChI is InChI=1S/C23H28N2O6/c1-14-13-18(25-9-11-31-12-10-25)21(23(28)30-4)20(19(14)22(27)29-3)16-5-7-17(8-6-16)24-15(2)26/h5-8,13,20-21H,9-12H2,1-4H3,(H,24,26)/t20-,21-/m0/s1. The minimum Gasteiger partial charge on any atom is -0.468 e. The van der Waals surface area contributed by atoms with Crippen LogP contribution in [0.1, 0.15) is 25.3 Å². The molecular weight excluding hydrogens is 400 g/mol. The van der Waals surface area contributed by atoms with E-state index < -0.39 is 23.8 Å². The first-order valence-electron chi connectivity index (χ1n) is 10.2. The number of hydrogen-bond donors (Lipinski definition) is 1. The lowest BCUT2D eigenvalue weighted by atomic mass is 9.73. The minimum absolute atomic E-state index is 0.179. The van der Waals surface area contributed by atoms with Crippen LogP contribution in [0.2, 0.25) is 0 Å². The van der Waals surface area contributed by atoms with Crippen LogP contribution in [0, 0.1) is 5.92 Å². The van der Waals surface area contributed by atoms with E-state index >= 15 is 0 Å². The predicted octanol–water partition coefficient (Wildman–Crippen LogP) is 2.24. The summed E-state index contributed by atoms with van der Waals surface area (Å²) >= 11 is 0. The third-order valence-electron chi connectivity index (χ3n) is 5.58. The molecule has 0 saturated carbocycles. The lowest BCUT2D eigenvalue weighted by molar-refractivity contribution is -0.145. The van der Waals surface area contributed by atoms with Crippen LogP contribution in [0.25, 0.3) is 0 Å². The molecule has 2 aliphatic rings. The molecule has 0 aromatic heterocycles. The number of methoxy groups -OCH3 is 2. The van der Waals surface area contributed by atoms with E-state index in [1.54, 1.807) is 12.1 Å². The smallest absolute Gasteiger partial charge is 0.334 e. The maximum absolute atomic E-state index is 13.0. The van der Waals surface area contributed by atoms with Gasteiger partial charge < -0.3 is 24.4 Å². The van der Waals surface area contributed by atoms with Gasteiger partial charge in [-0.2, -0.15) is 0 Å². The largest absolute Gasteiger partial charge is 0.468 e. The van der Waals surface area contributed by atoms with Crippen molar-refractivity contribution in [2.75, 3.05) is 45.8 Å². The zero-order chi connectivity index (χ0) is 22.5. The van der Waals surface area contributed by atoms with Crippen LogP contribution in [-0.4, -0.2) is 63.3 Å². The average molecular weight is 428 g/mol. The van der Waals surface area contributed by atoms with Gasteiger partial charge in [0.25, 0.3) is 0 Å². The number of carbonyl (C=O) groups excluding carboxylic acids is 3. The Morgan fingerprint density at radius 3 is 2.26 bits per heavy atom. The second-order valence-electron chi connectivity index (χ2n) is 7.54. The third kappa shape index (κ3) is 4.80. The van der Waals surface area contributed by atoms with Gasteiger partial charge in [-0.05, 0) is 36.3 Å². The number of rotatable bonds is 5. The quantitative estimate of drug-likeness (QED) is 0.719. The molecule has 0 unspecified atom stereocenters. The van der Waals surface area contributed by atoms with E-state index in [0.717, 1.165) is 16.8 Å². The number of ether oxygens (including phenoxy) is 3. The number of morpholine rings is 1. The normalized spacial score (nSPS) is 21.3. The second-order valence-corrected chi connectivity index (χ2v) is 7.54. The van der Waals surface area contributed by atoms with Crippen LogP contribution < -0.4 is 5.32 Å². The highest BCUT2D eigenvalue weighted by Gasteiger charge is 2.44. The first-order chi connectivity index (χ1) is 14.9. The summed E-state index contributed by atoms with van der Waals surface area (Å²) in [6.07, 6.45) is 1.88. The molecule has 1 heterocycles. The van der Waals surface area contributed by atoms with Gasteiger partial charge in [-0.25, -0.2) is 4.79 Å². The van der Waals surface area contributed by atoms with E-state index in [2.05, 4.69) is 10.2 Å². The minimum atomic E-state index is -0.715. The molecule has 0 bridgehead atoms. The Morgan fingerprint density at radius 1 is 1.06 bits per heavy atom. The van der Waals surface area contributed by atoms with Gasteiger partial charge in [0.05, 0.1) is 27.4 Å². The van der Waals surface area contributed by atoms with Gasteiger partial charge in [0.1, 0.15) is 5.92 Å². The summed E-state index contributed by atoms with van der Waals surface area (Å²) in [5, 5.41) is 2.73. The van der Waals surface area contributed by atoms with Crippen LogP contribution >= 0.6 is 0 Å². The summed E-state index contributed by atoms with van der Waals surface area (Å²) in [5.41, 5.74) is 3.34. The fourth-order valence-electron chi connectivity index (χ4n) is 4.20. The summed E-state index contributed by atoms with van der Waals surface area (Å²) in [5.74, 6) is -2.40. The zero-order valence-corrected chi connectivity index (χ0v) is 18.3.